The average Bonchev–Trinajstić information content (AvgIpc) is 3.15. The standard InChI is InChI=1S/C26H25N3O3S/c1-17(2)18-7-13-22(14-8-18)32-16-24(30)28-26(33)27-20-9-11-21(12-10-20)29-15-19-5-3-4-6-23(19)25(29)31/h3-14,17H,15-16H2,1-2H3,(H2,27,28,30,33). The van der Waals surface area contributed by atoms with Crippen LogP contribution in [0.2, 0.25) is 0 Å². The molecule has 7 heteroatoms. The van der Waals surface area contributed by atoms with E-state index >= 15 is 0 Å². The van der Waals surface area contributed by atoms with Gasteiger partial charge in [-0.3, -0.25) is 14.9 Å². The minimum Gasteiger partial charge on any atom is -0.484 e. The van der Waals surface area contributed by atoms with E-state index in [0.717, 1.165) is 16.8 Å². The number of amides is 2. The van der Waals surface area contributed by atoms with E-state index in [9.17, 15) is 9.59 Å². The molecule has 0 spiro atoms. The first kappa shape index (κ1) is 22.5. The number of nitrogens with zero attached hydrogens (tertiary/aromatic N) is 1. The lowest BCUT2D eigenvalue weighted by molar-refractivity contribution is -0.121. The number of carbonyl (C=O) groups excluding carboxylic acids is 2. The predicted molar refractivity (Wildman–Crippen MR) is 134 cm³/mol. The minimum absolute atomic E-state index is 0.00654. The van der Waals surface area contributed by atoms with Crippen LogP contribution in [0.1, 0.15) is 41.3 Å². The number of anilines is 2. The Bertz CT molecular complexity index is 1170. The number of fused-ring (bicyclic) bond motifs is 1. The summed E-state index contributed by atoms with van der Waals surface area (Å²) in [7, 11) is 0. The highest BCUT2D eigenvalue weighted by Crippen LogP contribution is 2.28. The van der Waals surface area contributed by atoms with E-state index in [2.05, 4.69) is 24.5 Å². The Morgan fingerprint density at radius 2 is 1.73 bits per heavy atom. The van der Waals surface area contributed by atoms with E-state index in [0.29, 0.717) is 23.9 Å². The van der Waals surface area contributed by atoms with Crippen molar-refractivity contribution in [1.29, 1.82) is 0 Å². The van der Waals surface area contributed by atoms with Crippen LogP contribution in [0.25, 0.3) is 0 Å². The van der Waals surface area contributed by atoms with E-state index in [-0.39, 0.29) is 23.5 Å². The van der Waals surface area contributed by atoms with E-state index in [1.807, 2.05) is 72.8 Å². The summed E-state index contributed by atoms with van der Waals surface area (Å²) in [6, 6.07) is 22.6. The maximum Gasteiger partial charge on any atom is 0.264 e. The third-order valence-corrected chi connectivity index (χ3v) is 5.63. The molecule has 3 aromatic rings. The Morgan fingerprint density at radius 1 is 1.03 bits per heavy atom. The number of thiocarbonyl (C=S) groups is 1. The van der Waals surface area contributed by atoms with E-state index < -0.39 is 0 Å². The summed E-state index contributed by atoms with van der Waals surface area (Å²) in [6.07, 6.45) is 0. The molecular weight excluding hydrogens is 434 g/mol. The van der Waals surface area contributed by atoms with Gasteiger partial charge in [-0.1, -0.05) is 44.2 Å². The van der Waals surface area contributed by atoms with E-state index in [1.165, 1.54) is 5.56 Å². The van der Waals surface area contributed by atoms with Crippen LogP contribution in [0.5, 0.6) is 5.75 Å². The molecule has 33 heavy (non-hydrogen) atoms. The van der Waals surface area contributed by atoms with Crippen molar-refractivity contribution in [3.63, 3.8) is 0 Å². The molecule has 2 amide bonds. The first-order valence-electron chi connectivity index (χ1n) is 10.7. The van der Waals surface area contributed by atoms with Crippen LogP contribution in [0.3, 0.4) is 0 Å². The van der Waals surface area contributed by atoms with Crippen molar-refractivity contribution in [3.8, 4) is 5.75 Å². The van der Waals surface area contributed by atoms with Gasteiger partial charge in [-0.05, 0) is 71.7 Å². The van der Waals surface area contributed by atoms with E-state index in [4.69, 9.17) is 17.0 Å². The highest BCUT2D eigenvalue weighted by atomic mass is 32.1. The molecule has 168 valence electrons. The Hall–Kier alpha value is -3.71. The Kier molecular flexibility index (Phi) is 6.70. The summed E-state index contributed by atoms with van der Waals surface area (Å²) in [5.41, 5.74) is 4.47. The second-order valence-electron chi connectivity index (χ2n) is 8.11. The fourth-order valence-corrected chi connectivity index (χ4v) is 3.84. The number of hydrogen-bond acceptors (Lipinski definition) is 4. The molecule has 6 nitrogen and oxygen atoms in total. The largest absolute Gasteiger partial charge is 0.484 e. The molecule has 0 saturated carbocycles. The van der Waals surface area contributed by atoms with Crippen LogP contribution in [-0.2, 0) is 11.3 Å². The zero-order valence-corrected chi connectivity index (χ0v) is 19.3. The SMILES string of the molecule is CC(C)c1ccc(OCC(=O)NC(=S)Nc2ccc(N3Cc4ccccc4C3=O)cc2)cc1. The smallest absolute Gasteiger partial charge is 0.264 e. The third-order valence-electron chi connectivity index (χ3n) is 5.43. The number of nitrogens with one attached hydrogen (secondary N) is 2. The second-order valence-corrected chi connectivity index (χ2v) is 8.52. The molecule has 1 aliphatic rings. The highest BCUT2D eigenvalue weighted by Gasteiger charge is 2.27. The Balaban J connectivity index is 1.26. The molecule has 0 saturated heterocycles. The van der Waals surface area contributed by atoms with E-state index in [1.54, 1.807) is 4.90 Å². The maximum atomic E-state index is 12.6. The number of carbonyl (C=O) groups is 2. The van der Waals surface area contributed by atoms with Crippen molar-refractivity contribution >= 4 is 40.5 Å². The van der Waals surface area contributed by atoms with Crippen LogP contribution in [0.4, 0.5) is 11.4 Å². The number of ether oxygens (including phenoxy) is 1. The van der Waals surface area contributed by atoms with Gasteiger partial charge in [0.2, 0.25) is 0 Å². The zero-order valence-electron chi connectivity index (χ0n) is 18.5. The third kappa shape index (κ3) is 5.38. The molecule has 1 heterocycles. The molecule has 1 aliphatic heterocycles. The van der Waals surface area contributed by atoms with Gasteiger partial charge in [-0.2, -0.15) is 0 Å². The van der Waals surface area contributed by atoms with Crippen molar-refractivity contribution < 1.29 is 14.3 Å². The quantitative estimate of drug-likeness (QED) is 0.515. The summed E-state index contributed by atoms with van der Waals surface area (Å²) in [4.78, 5) is 26.5. The van der Waals surface area contributed by atoms with Crippen LogP contribution in [0.15, 0.2) is 72.8 Å². The first-order chi connectivity index (χ1) is 15.9. The Morgan fingerprint density at radius 3 is 2.39 bits per heavy atom. The predicted octanol–water partition coefficient (Wildman–Crippen LogP) is 4.86. The molecule has 0 aliphatic carbocycles. The summed E-state index contributed by atoms with van der Waals surface area (Å²) in [6.45, 7) is 4.65. The van der Waals surface area contributed by atoms with Gasteiger partial charge >= 0.3 is 0 Å². The van der Waals surface area contributed by atoms with Gasteiger partial charge in [-0.25, -0.2) is 0 Å². The molecule has 2 N–H and O–H groups in total. The van der Waals surface area contributed by atoms with Gasteiger partial charge < -0.3 is 15.0 Å². The fourth-order valence-electron chi connectivity index (χ4n) is 3.61. The molecule has 0 bridgehead atoms. The first-order valence-corrected chi connectivity index (χ1v) is 11.1. The second kappa shape index (κ2) is 9.83. The molecule has 0 aromatic heterocycles. The lowest BCUT2D eigenvalue weighted by Crippen LogP contribution is -2.37. The van der Waals surface area contributed by atoms with Crippen molar-refractivity contribution in [1.82, 2.24) is 5.32 Å². The van der Waals surface area contributed by atoms with Gasteiger partial charge in [0.15, 0.2) is 11.7 Å². The Labute approximate surface area is 198 Å². The molecule has 3 aromatic carbocycles. The van der Waals surface area contributed by atoms with Crippen LogP contribution in [-0.4, -0.2) is 23.5 Å². The summed E-state index contributed by atoms with van der Waals surface area (Å²) < 4.78 is 5.53. The summed E-state index contributed by atoms with van der Waals surface area (Å²) in [5, 5.41) is 5.76. The minimum atomic E-state index is -0.350. The van der Waals surface area contributed by atoms with Crippen LogP contribution >= 0.6 is 12.2 Å². The summed E-state index contributed by atoms with van der Waals surface area (Å²) in [5.74, 6) is 0.708. The van der Waals surface area contributed by atoms with Gasteiger partial charge in [-0.15, -0.1) is 0 Å². The average molecular weight is 460 g/mol. The number of rotatable bonds is 6. The van der Waals surface area contributed by atoms with Crippen molar-refractivity contribution in [2.75, 3.05) is 16.8 Å². The molecule has 0 atom stereocenters. The molecule has 4 rings (SSSR count). The maximum absolute atomic E-state index is 12.6. The van der Waals surface area contributed by atoms with Crippen molar-refractivity contribution in [2.24, 2.45) is 0 Å². The van der Waals surface area contributed by atoms with Crippen molar-refractivity contribution in [2.45, 2.75) is 26.3 Å². The monoisotopic (exact) mass is 459 g/mol. The molecule has 0 unspecified atom stereocenters. The normalized spacial score (nSPS) is 12.5. The zero-order chi connectivity index (χ0) is 23.4. The number of hydrogen-bond donors (Lipinski definition) is 2. The number of benzene rings is 3. The highest BCUT2D eigenvalue weighted by molar-refractivity contribution is 7.80. The topological polar surface area (TPSA) is 70.7 Å². The lowest BCUT2D eigenvalue weighted by Gasteiger charge is -2.17. The summed E-state index contributed by atoms with van der Waals surface area (Å²) >= 11 is 5.23. The lowest BCUT2D eigenvalue weighted by atomic mass is 10.0. The molecule has 0 fully saturated rings. The fraction of sp³-hybridized carbons (Fsp3) is 0.192. The van der Waals surface area contributed by atoms with Gasteiger partial charge in [0.1, 0.15) is 5.75 Å². The molecular formula is C26H25N3O3S. The van der Waals surface area contributed by atoms with Gasteiger partial charge in [0, 0.05) is 16.9 Å². The van der Waals surface area contributed by atoms with Gasteiger partial charge in [0.25, 0.3) is 11.8 Å². The van der Waals surface area contributed by atoms with Crippen LogP contribution in [0, 0.1) is 0 Å². The molecule has 0 radical (unpaired) electrons. The van der Waals surface area contributed by atoms with Gasteiger partial charge in [0.05, 0.1) is 6.54 Å². The van der Waals surface area contributed by atoms with Crippen molar-refractivity contribution in [3.05, 3.63) is 89.5 Å². The van der Waals surface area contributed by atoms with Crippen LogP contribution < -0.4 is 20.3 Å².